The van der Waals surface area contributed by atoms with Crippen LogP contribution in [0.4, 0.5) is 17.5 Å². The van der Waals surface area contributed by atoms with E-state index in [1.165, 1.54) is 32.1 Å². The van der Waals surface area contributed by atoms with Crippen molar-refractivity contribution in [2.24, 2.45) is 0 Å². The van der Waals surface area contributed by atoms with Crippen LogP contribution in [0.2, 0.25) is 0 Å². The minimum atomic E-state index is 0.506. The van der Waals surface area contributed by atoms with Gasteiger partial charge >= 0.3 is 0 Å². The molecule has 0 spiro atoms. The second kappa shape index (κ2) is 8.05. The highest BCUT2D eigenvalue weighted by Crippen LogP contribution is 2.31. The van der Waals surface area contributed by atoms with Crippen molar-refractivity contribution >= 4 is 17.5 Å². The molecule has 1 aliphatic rings. The zero-order valence-electron chi connectivity index (χ0n) is 15.1. The summed E-state index contributed by atoms with van der Waals surface area (Å²) in [5, 5.41) is 6.80. The van der Waals surface area contributed by atoms with Crippen molar-refractivity contribution in [3.63, 3.8) is 0 Å². The third kappa shape index (κ3) is 4.53. The standard InChI is InChI=1S/C19H26N4O2/c1-13-11-18(21-14-7-5-4-6-8-14)23-19(20-13)22-16-10-9-15(24-2)12-17(16)25-3/h9-12,14H,4-8H2,1-3H3,(H2,20,21,22,23). The molecule has 6 nitrogen and oxygen atoms in total. The summed E-state index contributed by atoms with van der Waals surface area (Å²) in [6.07, 6.45) is 6.33. The molecule has 1 heterocycles. The largest absolute Gasteiger partial charge is 0.497 e. The van der Waals surface area contributed by atoms with E-state index in [2.05, 4.69) is 20.6 Å². The van der Waals surface area contributed by atoms with Gasteiger partial charge in [-0.15, -0.1) is 0 Å². The first kappa shape index (κ1) is 17.3. The summed E-state index contributed by atoms with van der Waals surface area (Å²) in [5.41, 5.74) is 1.72. The fourth-order valence-corrected chi connectivity index (χ4v) is 3.18. The number of benzene rings is 1. The number of aryl methyl sites for hydroxylation is 1. The van der Waals surface area contributed by atoms with Crippen molar-refractivity contribution in [1.82, 2.24) is 9.97 Å². The molecule has 0 unspecified atom stereocenters. The number of aromatic nitrogens is 2. The van der Waals surface area contributed by atoms with E-state index in [4.69, 9.17) is 9.47 Å². The molecule has 0 amide bonds. The van der Waals surface area contributed by atoms with Crippen molar-refractivity contribution in [1.29, 1.82) is 0 Å². The van der Waals surface area contributed by atoms with Gasteiger partial charge in [-0.3, -0.25) is 0 Å². The number of methoxy groups -OCH3 is 2. The molecule has 1 aliphatic carbocycles. The molecule has 2 N–H and O–H groups in total. The molecule has 134 valence electrons. The second-order valence-electron chi connectivity index (χ2n) is 6.39. The summed E-state index contributed by atoms with van der Waals surface area (Å²) in [5.74, 6) is 2.86. The number of rotatable bonds is 6. The summed E-state index contributed by atoms with van der Waals surface area (Å²) in [6.45, 7) is 1.98. The fraction of sp³-hybridized carbons (Fsp3) is 0.474. The number of anilines is 3. The van der Waals surface area contributed by atoms with Crippen LogP contribution in [0.15, 0.2) is 24.3 Å². The van der Waals surface area contributed by atoms with Crippen molar-refractivity contribution in [3.8, 4) is 11.5 Å². The molecule has 3 rings (SSSR count). The Hall–Kier alpha value is -2.50. The highest BCUT2D eigenvalue weighted by molar-refractivity contribution is 5.65. The van der Waals surface area contributed by atoms with E-state index < -0.39 is 0 Å². The molecule has 1 aromatic carbocycles. The predicted octanol–water partition coefficient (Wildman–Crippen LogP) is 4.29. The van der Waals surface area contributed by atoms with Crippen molar-refractivity contribution in [2.45, 2.75) is 45.1 Å². The molecule has 1 fully saturated rings. The third-order valence-corrected chi connectivity index (χ3v) is 4.47. The van der Waals surface area contributed by atoms with Gasteiger partial charge in [0.05, 0.1) is 19.9 Å². The van der Waals surface area contributed by atoms with Crippen LogP contribution in [0.5, 0.6) is 11.5 Å². The summed E-state index contributed by atoms with van der Waals surface area (Å²) >= 11 is 0. The van der Waals surface area contributed by atoms with E-state index in [0.29, 0.717) is 17.7 Å². The minimum absolute atomic E-state index is 0.506. The van der Waals surface area contributed by atoms with Gasteiger partial charge in [-0.05, 0) is 31.9 Å². The molecule has 2 aromatic rings. The maximum absolute atomic E-state index is 5.43. The molecule has 6 heteroatoms. The maximum Gasteiger partial charge on any atom is 0.229 e. The fourth-order valence-electron chi connectivity index (χ4n) is 3.18. The van der Waals surface area contributed by atoms with Crippen molar-refractivity contribution in [2.75, 3.05) is 24.9 Å². The number of ether oxygens (including phenoxy) is 2. The van der Waals surface area contributed by atoms with Crippen LogP contribution in [0.1, 0.15) is 37.8 Å². The molecule has 0 saturated heterocycles. The smallest absolute Gasteiger partial charge is 0.229 e. The zero-order chi connectivity index (χ0) is 17.6. The Morgan fingerprint density at radius 1 is 1.00 bits per heavy atom. The van der Waals surface area contributed by atoms with Crippen LogP contribution < -0.4 is 20.1 Å². The summed E-state index contributed by atoms with van der Waals surface area (Å²) in [4.78, 5) is 9.11. The Labute approximate surface area is 149 Å². The first-order valence-electron chi connectivity index (χ1n) is 8.79. The van der Waals surface area contributed by atoms with Gasteiger partial charge in [0.25, 0.3) is 0 Å². The van der Waals surface area contributed by atoms with Gasteiger partial charge in [-0.2, -0.15) is 4.98 Å². The Balaban J connectivity index is 1.78. The number of nitrogens with zero attached hydrogens (tertiary/aromatic N) is 2. The lowest BCUT2D eigenvalue weighted by atomic mass is 9.95. The second-order valence-corrected chi connectivity index (χ2v) is 6.39. The number of hydrogen-bond acceptors (Lipinski definition) is 6. The van der Waals surface area contributed by atoms with Crippen LogP contribution >= 0.6 is 0 Å². The minimum Gasteiger partial charge on any atom is -0.497 e. The topological polar surface area (TPSA) is 68.3 Å². The molecule has 0 aliphatic heterocycles. The lowest BCUT2D eigenvalue weighted by Gasteiger charge is -2.23. The van der Waals surface area contributed by atoms with E-state index in [0.717, 1.165) is 22.9 Å². The third-order valence-electron chi connectivity index (χ3n) is 4.47. The molecular weight excluding hydrogens is 316 g/mol. The lowest BCUT2D eigenvalue weighted by Crippen LogP contribution is -2.23. The summed E-state index contributed by atoms with van der Waals surface area (Å²) < 4.78 is 10.7. The average Bonchev–Trinajstić information content (AvgIpc) is 2.62. The Bertz CT molecular complexity index is 715. The highest BCUT2D eigenvalue weighted by atomic mass is 16.5. The van der Waals surface area contributed by atoms with Crippen LogP contribution in [-0.2, 0) is 0 Å². The molecule has 0 bridgehead atoms. The van der Waals surface area contributed by atoms with Gasteiger partial charge in [0.1, 0.15) is 17.3 Å². The molecule has 0 atom stereocenters. The zero-order valence-corrected chi connectivity index (χ0v) is 15.1. The first-order valence-corrected chi connectivity index (χ1v) is 8.79. The van der Waals surface area contributed by atoms with E-state index in [-0.39, 0.29) is 0 Å². The SMILES string of the molecule is COc1ccc(Nc2nc(C)cc(NC3CCCCC3)n2)c(OC)c1. The monoisotopic (exact) mass is 342 g/mol. The quantitative estimate of drug-likeness (QED) is 0.816. The molecular formula is C19H26N4O2. The highest BCUT2D eigenvalue weighted by Gasteiger charge is 2.14. The number of nitrogens with one attached hydrogen (secondary N) is 2. The van der Waals surface area contributed by atoms with Gasteiger partial charge in [-0.1, -0.05) is 19.3 Å². The van der Waals surface area contributed by atoms with Gasteiger partial charge in [0.2, 0.25) is 5.95 Å². The Morgan fingerprint density at radius 2 is 1.80 bits per heavy atom. The van der Waals surface area contributed by atoms with Crippen LogP contribution in [0.25, 0.3) is 0 Å². The summed E-state index contributed by atoms with van der Waals surface area (Å²) in [7, 11) is 3.27. The van der Waals surface area contributed by atoms with Crippen LogP contribution in [-0.4, -0.2) is 30.2 Å². The first-order chi connectivity index (χ1) is 12.2. The van der Waals surface area contributed by atoms with E-state index in [1.807, 2.05) is 31.2 Å². The predicted molar refractivity (Wildman–Crippen MR) is 100 cm³/mol. The van der Waals surface area contributed by atoms with E-state index >= 15 is 0 Å². The van der Waals surface area contributed by atoms with E-state index in [9.17, 15) is 0 Å². The van der Waals surface area contributed by atoms with Gasteiger partial charge in [0.15, 0.2) is 0 Å². The normalized spacial score (nSPS) is 14.8. The van der Waals surface area contributed by atoms with Crippen molar-refractivity contribution < 1.29 is 9.47 Å². The molecule has 1 aromatic heterocycles. The number of hydrogen-bond donors (Lipinski definition) is 2. The molecule has 25 heavy (non-hydrogen) atoms. The average molecular weight is 342 g/mol. The van der Waals surface area contributed by atoms with Gasteiger partial charge in [-0.25, -0.2) is 4.98 Å². The molecule has 0 radical (unpaired) electrons. The van der Waals surface area contributed by atoms with Crippen LogP contribution in [0, 0.1) is 6.92 Å². The van der Waals surface area contributed by atoms with Crippen LogP contribution in [0.3, 0.4) is 0 Å². The van der Waals surface area contributed by atoms with E-state index in [1.54, 1.807) is 14.2 Å². The lowest BCUT2D eigenvalue weighted by molar-refractivity contribution is 0.395. The van der Waals surface area contributed by atoms with Gasteiger partial charge in [0, 0.05) is 23.9 Å². The Kier molecular flexibility index (Phi) is 5.58. The van der Waals surface area contributed by atoms with Gasteiger partial charge < -0.3 is 20.1 Å². The van der Waals surface area contributed by atoms with Crippen molar-refractivity contribution in [3.05, 3.63) is 30.0 Å². The Morgan fingerprint density at radius 3 is 2.52 bits per heavy atom. The summed E-state index contributed by atoms with van der Waals surface area (Å²) in [6, 6.07) is 8.11. The maximum atomic E-state index is 5.43. The molecule has 1 saturated carbocycles.